The maximum Gasteiger partial charge on any atom is 0.337 e. The zero-order valence-corrected chi connectivity index (χ0v) is 13.0. The van der Waals surface area contributed by atoms with Crippen molar-refractivity contribution in [1.82, 2.24) is 4.90 Å². The number of benzene rings is 2. The molecule has 0 aromatic heterocycles. The molecule has 2 aromatic rings. The van der Waals surface area contributed by atoms with Crippen LogP contribution in [0.25, 0.3) is 11.1 Å². The Bertz CT molecular complexity index is 617. The van der Waals surface area contributed by atoms with E-state index in [0.29, 0.717) is 11.6 Å². The third-order valence-electron chi connectivity index (χ3n) is 3.78. The molecule has 0 radical (unpaired) electrons. The van der Waals surface area contributed by atoms with E-state index in [1.54, 1.807) is 6.07 Å². The summed E-state index contributed by atoms with van der Waals surface area (Å²) in [5.74, 6) is -0.310. The normalized spacial score (nSPS) is 12.2. The second-order valence-corrected chi connectivity index (χ2v) is 5.33. The highest BCUT2D eigenvalue weighted by molar-refractivity contribution is 5.90. The number of nitrogens with zero attached hydrogens (tertiary/aromatic N) is 1. The van der Waals surface area contributed by atoms with E-state index in [1.807, 2.05) is 18.2 Å². The van der Waals surface area contributed by atoms with Gasteiger partial charge in [-0.15, -0.1) is 0 Å². The Labute approximate surface area is 126 Å². The molecule has 2 aromatic carbocycles. The van der Waals surface area contributed by atoms with Gasteiger partial charge >= 0.3 is 5.97 Å². The summed E-state index contributed by atoms with van der Waals surface area (Å²) in [6.45, 7) is 2.17. The molecule has 0 bridgehead atoms. The molecule has 1 atom stereocenters. The standard InChI is InChI=1S/C18H21NO2/c1-13(19(2)3)14-8-10-15(11-9-14)16-6-5-7-17(12-16)18(20)21-4/h5-13H,1-4H3/t13-/m0/s1. The number of hydrogen-bond acceptors (Lipinski definition) is 3. The van der Waals surface area contributed by atoms with Crippen LogP contribution in [-0.2, 0) is 4.74 Å². The largest absolute Gasteiger partial charge is 0.465 e. The van der Waals surface area contributed by atoms with Crippen LogP contribution in [0.15, 0.2) is 48.5 Å². The first-order valence-electron chi connectivity index (χ1n) is 6.98. The number of ether oxygens (including phenoxy) is 1. The predicted molar refractivity (Wildman–Crippen MR) is 85.3 cm³/mol. The van der Waals surface area contributed by atoms with Crippen molar-refractivity contribution in [2.24, 2.45) is 0 Å². The molecule has 3 heteroatoms. The molecule has 0 N–H and O–H groups in total. The van der Waals surface area contributed by atoms with Gasteiger partial charge in [-0.25, -0.2) is 4.79 Å². The van der Waals surface area contributed by atoms with Gasteiger partial charge in [-0.3, -0.25) is 0 Å². The van der Waals surface area contributed by atoms with Gasteiger partial charge in [0.25, 0.3) is 0 Å². The van der Waals surface area contributed by atoms with Gasteiger partial charge in [-0.1, -0.05) is 36.4 Å². The van der Waals surface area contributed by atoms with Gasteiger partial charge in [-0.05, 0) is 49.8 Å². The summed E-state index contributed by atoms with van der Waals surface area (Å²) in [7, 11) is 5.53. The van der Waals surface area contributed by atoms with E-state index < -0.39 is 0 Å². The number of hydrogen-bond donors (Lipinski definition) is 0. The fourth-order valence-electron chi connectivity index (χ4n) is 2.20. The summed E-state index contributed by atoms with van der Waals surface area (Å²) in [4.78, 5) is 13.8. The summed E-state index contributed by atoms with van der Waals surface area (Å²) < 4.78 is 4.76. The van der Waals surface area contributed by atoms with Gasteiger partial charge in [0.1, 0.15) is 0 Å². The minimum atomic E-state index is -0.310. The maximum absolute atomic E-state index is 11.6. The number of carbonyl (C=O) groups excluding carboxylic acids is 1. The lowest BCUT2D eigenvalue weighted by Gasteiger charge is -2.20. The Kier molecular flexibility index (Phi) is 4.76. The third kappa shape index (κ3) is 3.50. The number of carbonyl (C=O) groups is 1. The molecule has 21 heavy (non-hydrogen) atoms. The van der Waals surface area contributed by atoms with E-state index >= 15 is 0 Å². The number of rotatable bonds is 4. The third-order valence-corrected chi connectivity index (χ3v) is 3.78. The van der Waals surface area contributed by atoms with Gasteiger partial charge in [0.05, 0.1) is 12.7 Å². The molecule has 0 heterocycles. The summed E-state index contributed by atoms with van der Waals surface area (Å²) in [5, 5.41) is 0. The summed E-state index contributed by atoms with van der Waals surface area (Å²) in [6, 6.07) is 16.3. The average Bonchev–Trinajstić information content (AvgIpc) is 2.53. The highest BCUT2D eigenvalue weighted by atomic mass is 16.5. The van der Waals surface area contributed by atoms with Crippen LogP contribution in [0, 0.1) is 0 Å². The van der Waals surface area contributed by atoms with Crippen molar-refractivity contribution in [3.8, 4) is 11.1 Å². The molecule has 0 saturated heterocycles. The molecule has 0 aliphatic heterocycles. The topological polar surface area (TPSA) is 29.5 Å². The van der Waals surface area contributed by atoms with Crippen LogP contribution in [0.2, 0.25) is 0 Å². The first-order valence-corrected chi connectivity index (χ1v) is 6.98. The lowest BCUT2D eigenvalue weighted by atomic mass is 9.99. The molecular weight excluding hydrogens is 262 g/mol. The van der Waals surface area contributed by atoms with Crippen molar-refractivity contribution < 1.29 is 9.53 Å². The molecule has 0 aliphatic carbocycles. The zero-order valence-electron chi connectivity index (χ0n) is 13.0. The second kappa shape index (κ2) is 6.55. The van der Waals surface area contributed by atoms with E-state index in [1.165, 1.54) is 12.7 Å². The summed E-state index contributed by atoms with van der Waals surface area (Å²) in [6.07, 6.45) is 0. The Hall–Kier alpha value is -2.13. The first kappa shape index (κ1) is 15.3. The Morgan fingerprint density at radius 1 is 1.05 bits per heavy atom. The van der Waals surface area contributed by atoms with Crippen molar-refractivity contribution in [3.63, 3.8) is 0 Å². The average molecular weight is 283 g/mol. The van der Waals surface area contributed by atoms with Crippen LogP contribution in [0.4, 0.5) is 0 Å². The minimum absolute atomic E-state index is 0.310. The Morgan fingerprint density at radius 2 is 1.71 bits per heavy atom. The Morgan fingerprint density at radius 3 is 2.29 bits per heavy atom. The SMILES string of the molecule is COC(=O)c1cccc(-c2ccc([C@H](C)N(C)C)cc2)c1. The number of methoxy groups -OCH3 is 1. The van der Waals surface area contributed by atoms with Crippen LogP contribution in [0.5, 0.6) is 0 Å². The van der Waals surface area contributed by atoms with Crippen molar-refractivity contribution in [2.45, 2.75) is 13.0 Å². The monoisotopic (exact) mass is 283 g/mol. The number of esters is 1. The summed E-state index contributed by atoms with van der Waals surface area (Å²) >= 11 is 0. The van der Waals surface area contributed by atoms with Crippen LogP contribution in [0.1, 0.15) is 28.9 Å². The molecular formula is C18H21NO2. The van der Waals surface area contributed by atoms with E-state index in [9.17, 15) is 4.79 Å². The van der Waals surface area contributed by atoms with Gasteiger partial charge in [0, 0.05) is 6.04 Å². The highest BCUT2D eigenvalue weighted by Gasteiger charge is 2.09. The quantitative estimate of drug-likeness (QED) is 0.800. The molecule has 0 aliphatic rings. The highest BCUT2D eigenvalue weighted by Crippen LogP contribution is 2.24. The molecule has 0 spiro atoms. The van der Waals surface area contributed by atoms with Crippen LogP contribution < -0.4 is 0 Å². The van der Waals surface area contributed by atoms with Crippen LogP contribution in [-0.4, -0.2) is 32.1 Å². The molecule has 2 rings (SSSR count). The van der Waals surface area contributed by atoms with E-state index in [4.69, 9.17) is 4.74 Å². The zero-order chi connectivity index (χ0) is 15.4. The van der Waals surface area contributed by atoms with Gasteiger partial charge in [0.2, 0.25) is 0 Å². The van der Waals surface area contributed by atoms with E-state index in [0.717, 1.165) is 11.1 Å². The predicted octanol–water partition coefficient (Wildman–Crippen LogP) is 3.76. The second-order valence-electron chi connectivity index (χ2n) is 5.33. The van der Waals surface area contributed by atoms with Crippen molar-refractivity contribution in [2.75, 3.05) is 21.2 Å². The van der Waals surface area contributed by atoms with Gasteiger partial charge < -0.3 is 9.64 Å². The Balaban J connectivity index is 2.29. The first-order chi connectivity index (χ1) is 10.0. The fourth-order valence-corrected chi connectivity index (χ4v) is 2.20. The van der Waals surface area contributed by atoms with E-state index in [2.05, 4.69) is 50.2 Å². The van der Waals surface area contributed by atoms with Crippen LogP contribution in [0.3, 0.4) is 0 Å². The maximum atomic E-state index is 11.6. The molecule has 3 nitrogen and oxygen atoms in total. The molecule has 0 unspecified atom stereocenters. The van der Waals surface area contributed by atoms with Crippen molar-refractivity contribution >= 4 is 5.97 Å². The fraction of sp³-hybridized carbons (Fsp3) is 0.278. The van der Waals surface area contributed by atoms with Gasteiger partial charge in [0.15, 0.2) is 0 Å². The van der Waals surface area contributed by atoms with Gasteiger partial charge in [-0.2, -0.15) is 0 Å². The lowest BCUT2D eigenvalue weighted by molar-refractivity contribution is 0.0601. The van der Waals surface area contributed by atoms with Crippen LogP contribution >= 0.6 is 0 Å². The van der Waals surface area contributed by atoms with Crippen molar-refractivity contribution in [3.05, 3.63) is 59.7 Å². The lowest BCUT2D eigenvalue weighted by Crippen LogP contribution is -2.16. The smallest absolute Gasteiger partial charge is 0.337 e. The molecule has 0 saturated carbocycles. The molecule has 0 fully saturated rings. The van der Waals surface area contributed by atoms with E-state index in [-0.39, 0.29) is 5.97 Å². The molecule has 110 valence electrons. The molecule has 0 amide bonds. The van der Waals surface area contributed by atoms with Crippen molar-refractivity contribution in [1.29, 1.82) is 0 Å². The summed E-state index contributed by atoms with van der Waals surface area (Å²) in [5.41, 5.74) is 3.95. The minimum Gasteiger partial charge on any atom is -0.465 e.